The van der Waals surface area contributed by atoms with Crippen LogP contribution in [0.2, 0.25) is 0 Å². The normalized spacial score (nSPS) is 10.1. The van der Waals surface area contributed by atoms with Crippen molar-refractivity contribution < 1.29 is 23.7 Å². The minimum atomic E-state index is 0. The van der Waals surface area contributed by atoms with E-state index in [1.54, 1.807) is 14.2 Å². The second kappa shape index (κ2) is 17.8. The molecule has 0 atom stereocenters. The van der Waals surface area contributed by atoms with E-state index in [1.807, 2.05) is 0 Å². The van der Waals surface area contributed by atoms with Crippen molar-refractivity contribution >= 4 is 18.9 Å². The Labute approximate surface area is 110 Å². The minimum Gasteiger partial charge on any atom is -0.382 e. The van der Waals surface area contributed by atoms with Crippen LogP contribution >= 0.6 is 0 Å². The van der Waals surface area contributed by atoms with Gasteiger partial charge in [0.05, 0.1) is 52.9 Å². The summed E-state index contributed by atoms with van der Waals surface area (Å²) in [4.78, 5) is 0. The molecule has 0 amide bonds. The minimum absolute atomic E-state index is 0. The Morgan fingerprint density at radius 1 is 0.500 bits per heavy atom. The van der Waals surface area contributed by atoms with Crippen molar-refractivity contribution in [2.75, 3.05) is 67.1 Å². The SMILES string of the molecule is COCCOCCOCCOCCOC.[Li]. The zero-order valence-corrected chi connectivity index (χ0v) is 10.7. The molecule has 0 rings (SSSR count). The summed E-state index contributed by atoms with van der Waals surface area (Å²) in [5.74, 6) is 0. The van der Waals surface area contributed by atoms with Crippen molar-refractivity contribution in [1.29, 1.82) is 0 Å². The standard InChI is InChI=1S/C10H22O5.Li/c1-11-3-5-13-7-9-15-10-8-14-6-4-12-2;/h3-10H2,1-2H3;. The fourth-order valence-corrected chi connectivity index (χ4v) is 0.826. The Hall–Kier alpha value is 0.397. The van der Waals surface area contributed by atoms with Gasteiger partial charge in [-0.05, 0) is 0 Å². The topological polar surface area (TPSA) is 46.2 Å². The zero-order valence-electron chi connectivity index (χ0n) is 10.7. The van der Waals surface area contributed by atoms with Crippen molar-refractivity contribution in [2.24, 2.45) is 0 Å². The Bertz CT molecular complexity index is 103. The van der Waals surface area contributed by atoms with Crippen LogP contribution in [0.15, 0.2) is 0 Å². The van der Waals surface area contributed by atoms with Crippen LogP contribution in [0.3, 0.4) is 0 Å². The van der Waals surface area contributed by atoms with Gasteiger partial charge in [-0.25, -0.2) is 0 Å². The second-order valence-electron chi connectivity index (χ2n) is 2.82. The first-order valence-corrected chi connectivity index (χ1v) is 5.13. The second-order valence-corrected chi connectivity index (χ2v) is 2.82. The van der Waals surface area contributed by atoms with Gasteiger partial charge in [0.15, 0.2) is 0 Å². The number of hydrogen-bond acceptors (Lipinski definition) is 5. The predicted molar refractivity (Wildman–Crippen MR) is 62.0 cm³/mol. The molecule has 0 aromatic rings. The molecule has 0 bridgehead atoms. The fraction of sp³-hybridized carbons (Fsp3) is 1.00. The molecule has 16 heavy (non-hydrogen) atoms. The van der Waals surface area contributed by atoms with E-state index in [9.17, 15) is 0 Å². The summed E-state index contributed by atoms with van der Waals surface area (Å²) in [6.45, 7) is 4.87. The van der Waals surface area contributed by atoms with Crippen LogP contribution in [0.4, 0.5) is 0 Å². The maximum atomic E-state index is 5.26. The van der Waals surface area contributed by atoms with E-state index in [4.69, 9.17) is 23.7 Å². The largest absolute Gasteiger partial charge is 0.382 e. The molecule has 6 heteroatoms. The van der Waals surface area contributed by atoms with Crippen LogP contribution in [0.25, 0.3) is 0 Å². The van der Waals surface area contributed by atoms with Crippen molar-refractivity contribution in [3.8, 4) is 0 Å². The summed E-state index contributed by atoms with van der Waals surface area (Å²) in [5, 5.41) is 0. The summed E-state index contributed by atoms with van der Waals surface area (Å²) in [5.41, 5.74) is 0. The van der Waals surface area contributed by atoms with Gasteiger partial charge in [0.1, 0.15) is 0 Å². The molecule has 0 aliphatic carbocycles. The maximum absolute atomic E-state index is 5.26. The first-order valence-electron chi connectivity index (χ1n) is 5.13. The number of hydrogen-bond donors (Lipinski definition) is 0. The smallest absolute Gasteiger partial charge is 0.0701 e. The molecule has 0 unspecified atom stereocenters. The van der Waals surface area contributed by atoms with Crippen molar-refractivity contribution in [2.45, 2.75) is 0 Å². The number of ether oxygens (including phenoxy) is 5. The molecule has 5 nitrogen and oxygen atoms in total. The Kier molecular flexibility index (Phi) is 20.8. The molecule has 0 fully saturated rings. The molecule has 0 aromatic carbocycles. The van der Waals surface area contributed by atoms with Gasteiger partial charge in [-0.2, -0.15) is 0 Å². The number of rotatable bonds is 12. The fourth-order valence-electron chi connectivity index (χ4n) is 0.826. The zero-order chi connectivity index (χ0) is 11.2. The van der Waals surface area contributed by atoms with Gasteiger partial charge in [0.25, 0.3) is 0 Å². The summed E-state index contributed by atoms with van der Waals surface area (Å²) in [7, 11) is 3.30. The molecule has 0 spiro atoms. The molecular weight excluding hydrogens is 207 g/mol. The molecule has 0 aliphatic rings. The Morgan fingerprint density at radius 3 is 1.00 bits per heavy atom. The molecule has 0 saturated heterocycles. The molecule has 0 N–H and O–H groups in total. The maximum Gasteiger partial charge on any atom is 0.0701 e. The van der Waals surface area contributed by atoms with E-state index in [1.165, 1.54) is 0 Å². The molecule has 1 radical (unpaired) electrons. The van der Waals surface area contributed by atoms with E-state index in [2.05, 4.69) is 0 Å². The van der Waals surface area contributed by atoms with Crippen molar-refractivity contribution in [3.63, 3.8) is 0 Å². The summed E-state index contributed by atoms with van der Waals surface area (Å²) < 4.78 is 25.3. The third kappa shape index (κ3) is 16.8. The van der Waals surface area contributed by atoms with E-state index in [0.717, 1.165) is 0 Å². The van der Waals surface area contributed by atoms with Gasteiger partial charge < -0.3 is 23.7 Å². The van der Waals surface area contributed by atoms with E-state index in [-0.39, 0.29) is 18.9 Å². The summed E-state index contributed by atoms with van der Waals surface area (Å²) >= 11 is 0. The van der Waals surface area contributed by atoms with Crippen LogP contribution < -0.4 is 0 Å². The van der Waals surface area contributed by atoms with Crippen LogP contribution in [0, 0.1) is 0 Å². The van der Waals surface area contributed by atoms with Crippen molar-refractivity contribution in [1.82, 2.24) is 0 Å². The molecule has 0 heterocycles. The van der Waals surface area contributed by atoms with E-state index >= 15 is 0 Å². The third-order valence-corrected chi connectivity index (χ3v) is 1.61. The Balaban J connectivity index is 0. The average Bonchev–Trinajstić information content (AvgIpc) is 2.26. The van der Waals surface area contributed by atoms with Gasteiger partial charge in [-0.1, -0.05) is 0 Å². The summed E-state index contributed by atoms with van der Waals surface area (Å²) in [6, 6.07) is 0. The molecule has 0 aliphatic heterocycles. The van der Waals surface area contributed by atoms with E-state index in [0.29, 0.717) is 52.9 Å². The molecular formula is C10H22LiO5. The average molecular weight is 229 g/mol. The monoisotopic (exact) mass is 229 g/mol. The van der Waals surface area contributed by atoms with Crippen molar-refractivity contribution in [3.05, 3.63) is 0 Å². The quantitative estimate of drug-likeness (QED) is 0.347. The van der Waals surface area contributed by atoms with Gasteiger partial charge in [0.2, 0.25) is 0 Å². The van der Waals surface area contributed by atoms with Gasteiger partial charge in [-0.3, -0.25) is 0 Å². The van der Waals surface area contributed by atoms with Crippen LogP contribution in [-0.2, 0) is 23.7 Å². The first kappa shape index (κ1) is 18.8. The van der Waals surface area contributed by atoms with Crippen LogP contribution in [-0.4, -0.2) is 85.9 Å². The van der Waals surface area contributed by atoms with Crippen LogP contribution in [0.1, 0.15) is 0 Å². The Morgan fingerprint density at radius 2 is 0.750 bits per heavy atom. The first-order chi connectivity index (χ1) is 7.41. The van der Waals surface area contributed by atoms with Gasteiger partial charge in [-0.15, -0.1) is 0 Å². The molecule has 0 aromatic heterocycles. The van der Waals surface area contributed by atoms with Gasteiger partial charge >= 0.3 is 0 Å². The van der Waals surface area contributed by atoms with Gasteiger partial charge in [0, 0.05) is 33.1 Å². The summed E-state index contributed by atoms with van der Waals surface area (Å²) in [6.07, 6.45) is 0. The number of methoxy groups -OCH3 is 2. The predicted octanol–water partition coefficient (Wildman–Crippen LogP) is -0.0518. The van der Waals surface area contributed by atoms with Crippen LogP contribution in [0.5, 0.6) is 0 Å². The molecule has 0 saturated carbocycles. The third-order valence-electron chi connectivity index (χ3n) is 1.61. The van der Waals surface area contributed by atoms with E-state index < -0.39 is 0 Å². The molecule has 93 valence electrons.